The van der Waals surface area contributed by atoms with Crippen LogP contribution in [0.2, 0.25) is 0 Å². The van der Waals surface area contributed by atoms with E-state index in [4.69, 9.17) is 5.11 Å². The second-order valence-corrected chi connectivity index (χ2v) is 5.23. The van der Waals surface area contributed by atoms with Crippen molar-refractivity contribution >= 4 is 29.5 Å². The molecule has 0 spiro atoms. The van der Waals surface area contributed by atoms with Crippen LogP contribution in [0.5, 0.6) is 0 Å². The van der Waals surface area contributed by atoms with Gasteiger partial charge in [-0.1, -0.05) is 6.92 Å². The molecule has 0 heterocycles. The third-order valence-electron chi connectivity index (χ3n) is 2.11. The standard InChI is InChI=1S/C11H20N2O4S/c1-4-5-12-10(15)7(2)18-6-9(11(16)17)13-8(3)14/h7,9H,4-6H2,1-3H3,(H,12,15)(H,13,14)(H,16,17)/t7?,9-/m0/s1. The van der Waals surface area contributed by atoms with Crippen LogP contribution in [0.4, 0.5) is 0 Å². The molecule has 7 heteroatoms. The summed E-state index contributed by atoms with van der Waals surface area (Å²) in [6.07, 6.45) is 0.854. The highest BCUT2D eigenvalue weighted by Gasteiger charge is 2.21. The molecule has 0 radical (unpaired) electrons. The predicted octanol–water partition coefficient (Wildman–Crippen LogP) is 0.224. The molecular formula is C11H20N2O4S. The molecule has 0 aromatic carbocycles. The number of carboxylic acid groups (broad SMARTS) is 1. The second kappa shape index (κ2) is 8.79. The van der Waals surface area contributed by atoms with Gasteiger partial charge in [0.2, 0.25) is 11.8 Å². The molecule has 0 aromatic heterocycles. The van der Waals surface area contributed by atoms with E-state index in [2.05, 4.69) is 10.6 Å². The third-order valence-corrected chi connectivity index (χ3v) is 3.35. The SMILES string of the molecule is CCCNC(=O)C(C)SC[C@H](NC(C)=O)C(=O)O. The molecule has 0 aliphatic rings. The van der Waals surface area contributed by atoms with Crippen LogP contribution in [0.3, 0.4) is 0 Å². The van der Waals surface area contributed by atoms with E-state index in [9.17, 15) is 14.4 Å². The number of carbonyl (C=O) groups is 3. The first kappa shape index (κ1) is 16.8. The maximum absolute atomic E-state index is 11.5. The van der Waals surface area contributed by atoms with Gasteiger partial charge in [0.1, 0.15) is 6.04 Å². The Kier molecular flexibility index (Phi) is 8.19. The zero-order valence-electron chi connectivity index (χ0n) is 10.9. The molecule has 3 N–H and O–H groups in total. The van der Waals surface area contributed by atoms with E-state index < -0.39 is 17.9 Å². The lowest BCUT2D eigenvalue weighted by atomic mass is 10.3. The summed E-state index contributed by atoms with van der Waals surface area (Å²) >= 11 is 1.21. The normalized spacial score (nSPS) is 13.5. The van der Waals surface area contributed by atoms with Crippen molar-refractivity contribution in [2.45, 2.75) is 38.5 Å². The lowest BCUT2D eigenvalue weighted by Gasteiger charge is -2.16. The first-order chi connectivity index (χ1) is 8.38. The Bertz CT molecular complexity index is 309. The van der Waals surface area contributed by atoms with Gasteiger partial charge in [0.25, 0.3) is 0 Å². The van der Waals surface area contributed by atoms with Crippen LogP contribution in [-0.4, -0.2) is 46.5 Å². The van der Waals surface area contributed by atoms with Crippen LogP contribution in [-0.2, 0) is 14.4 Å². The maximum Gasteiger partial charge on any atom is 0.327 e. The highest BCUT2D eigenvalue weighted by Crippen LogP contribution is 2.12. The van der Waals surface area contributed by atoms with Crippen molar-refractivity contribution in [3.63, 3.8) is 0 Å². The minimum atomic E-state index is -1.10. The molecule has 0 aromatic rings. The lowest BCUT2D eigenvalue weighted by Crippen LogP contribution is -2.42. The maximum atomic E-state index is 11.5. The number of thioether (sulfide) groups is 1. The first-order valence-electron chi connectivity index (χ1n) is 5.77. The Morgan fingerprint density at radius 3 is 2.39 bits per heavy atom. The van der Waals surface area contributed by atoms with Crippen molar-refractivity contribution in [1.29, 1.82) is 0 Å². The van der Waals surface area contributed by atoms with Crippen LogP contribution >= 0.6 is 11.8 Å². The molecule has 0 saturated heterocycles. The van der Waals surface area contributed by atoms with Gasteiger partial charge >= 0.3 is 5.97 Å². The summed E-state index contributed by atoms with van der Waals surface area (Å²) in [5.41, 5.74) is 0. The highest BCUT2D eigenvalue weighted by molar-refractivity contribution is 8.00. The summed E-state index contributed by atoms with van der Waals surface area (Å²) in [4.78, 5) is 33.2. The van der Waals surface area contributed by atoms with E-state index in [0.29, 0.717) is 6.54 Å². The van der Waals surface area contributed by atoms with Crippen LogP contribution < -0.4 is 10.6 Å². The van der Waals surface area contributed by atoms with Gasteiger partial charge in [0.15, 0.2) is 0 Å². The summed E-state index contributed by atoms with van der Waals surface area (Å²) in [7, 11) is 0. The van der Waals surface area contributed by atoms with Gasteiger partial charge in [0.05, 0.1) is 5.25 Å². The van der Waals surface area contributed by atoms with Crippen LogP contribution in [0, 0.1) is 0 Å². The summed E-state index contributed by atoms with van der Waals surface area (Å²) in [6.45, 7) is 5.54. The molecule has 6 nitrogen and oxygen atoms in total. The fourth-order valence-corrected chi connectivity index (χ4v) is 2.07. The predicted molar refractivity (Wildman–Crippen MR) is 70.5 cm³/mol. The van der Waals surface area contributed by atoms with Crippen molar-refractivity contribution in [3.05, 3.63) is 0 Å². The number of hydrogen-bond acceptors (Lipinski definition) is 4. The van der Waals surface area contributed by atoms with Gasteiger partial charge in [-0.15, -0.1) is 11.8 Å². The Hall–Kier alpha value is -1.24. The zero-order valence-corrected chi connectivity index (χ0v) is 11.7. The van der Waals surface area contributed by atoms with Gasteiger partial charge in [-0.3, -0.25) is 9.59 Å². The van der Waals surface area contributed by atoms with Crippen LogP contribution in [0.25, 0.3) is 0 Å². The van der Waals surface area contributed by atoms with E-state index in [1.165, 1.54) is 18.7 Å². The fourth-order valence-electron chi connectivity index (χ4n) is 1.13. The van der Waals surface area contributed by atoms with E-state index in [1.807, 2.05) is 6.92 Å². The van der Waals surface area contributed by atoms with Crippen molar-refractivity contribution in [2.75, 3.05) is 12.3 Å². The molecular weight excluding hydrogens is 256 g/mol. The van der Waals surface area contributed by atoms with Crippen molar-refractivity contribution in [3.8, 4) is 0 Å². The molecule has 0 rings (SSSR count). The van der Waals surface area contributed by atoms with Crippen LogP contribution in [0.1, 0.15) is 27.2 Å². The Morgan fingerprint density at radius 2 is 1.94 bits per heavy atom. The number of aliphatic carboxylic acids is 1. The Labute approximate surface area is 111 Å². The summed E-state index contributed by atoms with van der Waals surface area (Å²) in [6, 6.07) is -0.964. The molecule has 0 bridgehead atoms. The molecule has 1 unspecified atom stereocenters. The fraction of sp³-hybridized carbons (Fsp3) is 0.727. The number of carbonyl (C=O) groups excluding carboxylic acids is 2. The number of amides is 2. The summed E-state index contributed by atoms with van der Waals surface area (Å²) in [5.74, 6) is -1.45. The van der Waals surface area contributed by atoms with E-state index in [-0.39, 0.29) is 16.9 Å². The van der Waals surface area contributed by atoms with Gasteiger partial charge in [-0.25, -0.2) is 4.79 Å². The third kappa shape index (κ3) is 7.16. The molecule has 18 heavy (non-hydrogen) atoms. The van der Waals surface area contributed by atoms with E-state index in [0.717, 1.165) is 6.42 Å². The summed E-state index contributed by atoms with van der Waals surface area (Å²) in [5, 5.41) is 13.6. The molecule has 0 aliphatic heterocycles. The second-order valence-electron chi connectivity index (χ2n) is 3.86. The molecule has 0 fully saturated rings. The number of hydrogen-bond donors (Lipinski definition) is 3. The van der Waals surface area contributed by atoms with Crippen molar-refractivity contribution in [2.24, 2.45) is 0 Å². The number of nitrogens with one attached hydrogen (secondary N) is 2. The Balaban J connectivity index is 4.13. The van der Waals surface area contributed by atoms with E-state index >= 15 is 0 Å². The first-order valence-corrected chi connectivity index (χ1v) is 6.82. The molecule has 2 atom stereocenters. The average molecular weight is 276 g/mol. The van der Waals surface area contributed by atoms with Crippen molar-refractivity contribution < 1.29 is 19.5 Å². The topological polar surface area (TPSA) is 95.5 Å². The van der Waals surface area contributed by atoms with Crippen LogP contribution in [0.15, 0.2) is 0 Å². The Morgan fingerprint density at radius 1 is 1.33 bits per heavy atom. The van der Waals surface area contributed by atoms with Gasteiger partial charge < -0.3 is 15.7 Å². The smallest absolute Gasteiger partial charge is 0.327 e. The van der Waals surface area contributed by atoms with Gasteiger partial charge in [-0.05, 0) is 13.3 Å². The zero-order chi connectivity index (χ0) is 14.1. The number of rotatable bonds is 8. The summed E-state index contributed by atoms with van der Waals surface area (Å²) < 4.78 is 0. The molecule has 104 valence electrons. The quantitative estimate of drug-likeness (QED) is 0.589. The monoisotopic (exact) mass is 276 g/mol. The largest absolute Gasteiger partial charge is 0.480 e. The minimum Gasteiger partial charge on any atom is -0.480 e. The molecule has 2 amide bonds. The lowest BCUT2D eigenvalue weighted by molar-refractivity contribution is -0.140. The van der Waals surface area contributed by atoms with Gasteiger partial charge in [-0.2, -0.15) is 0 Å². The van der Waals surface area contributed by atoms with E-state index in [1.54, 1.807) is 6.92 Å². The minimum absolute atomic E-state index is 0.117. The molecule has 0 aliphatic carbocycles. The molecule has 0 saturated carbocycles. The van der Waals surface area contributed by atoms with Crippen molar-refractivity contribution in [1.82, 2.24) is 10.6 Å². The average Bonchev–Trinajstić information content (AvgIpc) is 2.30. The highest BCUT2D eigenvalue weighted by atomic mass is 32.2. The van der Waals surface area contributed by atoms with Gasteiger partial charge in [0, 0.05) is 19.2 Å². The number of carboxylic acids is 1.